The summed E-state index contributed by atoms with van der Waals surface area (Å²) in [6, 6.07) is 14.2. The molecule has 1 saturated heterocycles. The third kappa shape index (κ3) is 6.74. The van der Waals surface area contributed by atoms with Gasteiger partial charge in [-0.1, -0.05) is 38.1 Å². The van der Waals surface area contributed by atoms with Gasteiger partial charge in [-0.05, 0) is 41.3 Å². The molecule has 1 aromatic heterocycles. The van der Waals surface area contributed by atoms with Crippen molar-refractivity contribution >= 4 is 28.4 Å². The molecule has 1 aliphatic heterocycles. The van der Waals surface area contributed by atoms with Crippen LogP contribution in [-0.4, -0.2) is 59.6 Å². The predicted molar refractivity (Wildman–Crippen MR) is 135 cm³/mol. The number of hydrogen-bond acceptors (Lipinski definition) is 6. The highest BCUT2D eigenvalue weighted by atomic mass is 32.1. The van der Waals surface area contributed by atoms with E-state index in [-0.39, 0.29) is 11.8 Å². The van der Waals surface area contributed by atoms with Gasteiger partial charge in [0.15, 0.2) is 0 Å². The van der Waals surface area contributed by atoms with Gasteiger partial charge in [-0.3, -0.25) is 4.90 Å². The number of rotatable bonds is 8. The zero-order valence-electron chi connectivity index (χ0n) is 19.6. The lowest BCUT2D eigenvalue weighted by Gasteiger charge is -2.34. The number of hydrogen-bond donors (Lipinski definition) is 2. The second kappa shape index (κ2) is 11.4. The fraction of sp³-hybridized carbons (Fsp3) is 0.400. The number of carbonyl (C=O) groups is 1. The number of benzene rings is 2. The van der Waals surface area contributed by atoms with Gasteiger partial charge in [-0.2, -0.15) is 4.37 Å². The van der Waals surface area contributed by atoms with Crippen LogP contribution in [0.2, 0.25) is 0 Å². The lowest BCUT2D eigenvalue weighted by Crippen LogP contribution is -2.48. The summed E-state index contributed by atoms with van der Waals surface area (Å²) in [7, 11) is 0. The fourth-order valence-electron chi connectivity index (χ4n) is 3.85. The number of nitrogens with zero attached hydrogens (tertiary/aromatic N) is 4. The molecule has 0 radical (unpaired) electrons. The average molecular weight is 483 g/mol. The highest BCUT2D eigenvalue weighted by molar-refractivity contribution is 7.09. The van der Waals surface area contributed by atoms with Gasteiger partial charge in [0.2, 0.25) is 5.13 Å². The molecule has 34 heavy (non-hydrogen) atoms. The van der Waals surface area contributed by atoms with Crippen LogP contribution in [0.3, 0.4) is 0 Å². The van der Waals surface area contributed by atoms with Crippen molar-refractivity contribution in [1.82, 2.24) is 19.6 Å². The molecule has 1 aliphatic rings. The Morgan fingerprint density at radius 3 is 2.44 bits per heavy atom. The molecule has 1 fully saturated rings. The van der Waals surface area contributed by atoms with Crippen LogP contribution in [0.25, 0.3) is 0 Å². The Morgan fingerprint density at radius 1 is 1.06 bits per heavy atom. The first kappa shape index (κ1) is 24.1. The quantitative estimate of drug-likeness (QED) is 0.500. The second-order valence-electron chi connectivity index (χ2n) is 8.78. The van der Waals surface area contributed by atoms with Crippen LogP contribution < -0.4 is 15.5 Å². The predicted octanol–water partition coefficient (Wildman–Crippen LogP) is 4.34. The summed E-state index contributed by atoms with van der Waals surface area (Å²) in [6.45, 7) is 9.27. The summed E-state index contributed by atoms with van der Waals surface area (Å²) in [6.07, 6.45) is 0.604. The Bertz CT molecular complexity index is 1060. The van der Waals surface area contributed by atoms with Crippen molar-refractivity contribution in [2.24, 2.45) is 0 Å². The minimum atomic E-state index is -0.235. The summed E-state index contributed by atoms with van der Waals surface area (Å²) >= 11 is 1.41. The van der Waals surface area contributed by atoms with Crippen molar-refractivity contribution in [3.05, 3.63) is 71.3 Å². The van der Waals surface area contributed by atoms with E-state index < -0.39 is 0 Å². The number of carbonyl (C=O) groups excluding carboxylic acids is 1. The standard InChI is InChI=1S/C25H31FN6OS/c1-18(2)20-5-9-22(10-6-20)28-24(33)27-11-12-31-13-15-32(16-14-31)25-29-23(30-34-25)17-19-3-7-21(26)8-4-19/h3-10,18H,11-17H2,1-2H3,(H2,27,28,33). The van der Waals surface area contributed by atoms with E-state index >= 15 is 0 Å². The fourth-order valence-corrected chi connectivity index (χ4v) is 4.58. The van der Waals surface area contributed by atoms with Crippen molar-refractivity contribution in [2.75, 3.05) is 49.5 Å². The van der Waals surface area contributed by atoms with E-state index in [9.17, 15) is 9.18 Å². The van der Waals surface area contributed by atoms with Crippen molar-refractivity contribution in [3.63, 3.8) is 0 Å². The molecule has 2 N–H and O–H groups in total. The molecular weight excluding hydrogens is 451 g/mol. The number of urea groups is 1. The lowest BCUT2D eigenvalue weighted by atomic mass is 10.0. The van der Waals surface area contributed by atoms with Gasteiger partial charge in [0.1, 0.15) is 11.6 Å². The Morgan fingerprint density at radius 2 is 1.76 bits per heavy atom. The van der Waals surface area contributed by atoms with Gasteiger partial charge in [0.05, 0.1) is 0 Å². The molecular formula is C25H31FN6OS. The second-order valence-corrected chi connectivity index (χ2v) is 9.51. The molecule has 0 atom stereocenters. The first-order valence-corrected chi connectivity index (χ1v) is 12.4. The largest absolute Gasteiger partial charge is 0.344 e. The topological polar surface area (TPSA) is 73.4 Å². The minimum absolute atomic E-state index is 0.182. The maximum Gasteiger partial charge on any atom is 0.319 e. The molecule has 0 spiro atoms. The SMILES string of the molecule is CC(C)c1ccc(NC(=O)NCCN2CCN(c3nc(Cc4ccc(F)cc4)ns3)CC2)cc1. The number of aromatic nitrogens is 2. The zero-order valence-corrected chi connectivity index (χ0v) is 20.4. The molecule has 0 saturated carbocycles. The van der Waals surface area contributed by atoms with Gasteiger partial charge in [-0.25, -0.2) is 14.2 Å². The molecule has 4 rings (SSSR count). The first-order valence-electron chi connectivity index (χ1n) is 11.7. The molecule has 9 heteroatoms. The number of halogens is 1. The maximum absolute atomic E-state index is 13.1. The summed E-state index contributed by atoms with van der Waals surface area (Å²) in [5.74, 6) is 1.00. The Kier molecular flexibility index (Phi) is 8.08. The zero-order chi connectivity index (χ0) is 23.9. The van der Waals surface area contributed by atoms with Crippen LogP contribution in [0.4, 0.5) is 20.0 Å². The third-order valence-corrected chi connectivity index (χ3v) is 6.74. The van der Waals surface area contributed by atoms with Crippen molar-refractivity contribution in [1.29, 1.82) is 0 Å². The summed E-state index contributed by atoms with van der Waals surface area (Å²) in [5, 5.41) is 6.76. The number of anilines is 2. The van der Waals surface area contributed by atoms with Crippen LogP contribution >= 0.6 is 11.5 Å². The van der Waals surface area contributed by atoms with Crippen LogP contribution in [0.1, 0.15) is 36.7 Å². The third-order valence-electron chi connectivity index (χ3n) is 5.92. The number of nitrogens with one attached hydrogen (secondary N) is 2. The van der Waals surface area contributed by atoms with Crippen molar-refractivity contribution < 1.29 is 9.18 Å². The monoisotopic (exact) mass is 482 g/mol. The molecule has 2 heterocycles. The number of amides is 2. The van der Waals surface area contributed by atoms with Gasteiger partial charge in [0.25, 0.3) is 0 Å². The van der Waals surface area contributed by atoms with E-state index in [2.05, 4.69) is 43.6 Å². The minimum Gasteiger partial charge on any atom is -0.344 e. The molecule has 0 aliphatic carbocycles. The molecule has 0 unspecified atom stereocenters. The van der Waals surface area contributed by atoms with Crippen molar-refractivity contribution in [3.8, 4) is 0 Å². The Hall–Kier alpha value is -3.04. The Balaban J connectivity index is 1.15. The molecule has 7 nitrogen and oxygen atoms in total. The smallest absolute Gasteiger partial charge is 0.319 e. The van der Waals surface area contributed by atoms with Gasteiger partial charge >= 0.3 is 6.03 Å². The van der Waals surface area contributed by atoms with Gasteiger partial charge in [-0.15, -0.1) is 0 Å². The highest BCUT2D eigenvalue weighted by Crippen LogP contribution is 2.21. The molecule has 0 bridgehead atoms. The molecule has 2 aromatic carbocycles. The molecule has 3 aromatic rings. The maximum atomic E-state index is 13.1. The Labute approximate surface area is 204 Å². The van der Waals surface area contributed by atoms with Gasteiger partial charge < -0.3 is 15.5 Å². The average Bonchev–Trinajstić information content (AvgIpc) is 3.30. The van der Waals surface area contributed by atoms with Crippen LogP contribution in [0.5, 0.6) is 0 Å². The molecule has 180 valence electrons. The van der Waals surface area contributed by atoms with E-state index in [4.69, 9.17) is 0 Å². The van der Waals surface area contributed by atoms with Crippen LogP contribution in [0, 0.1) is 5.82 Å². The van der Waals surface area contributed by atoms with Crippen molar-refractivity contribution in [2.45, 2.75) is 26.2 Å². The normalized spacial score (nSPS) is 14.4. The van der Waals surface area contributed by atoms with E-state index in [0.29, 0.717) is 18.9 Å². The first-order chi connectivity index (χ1) is 16.5. The van der Waals surface area contributed by atoms with E-state index in [1.54, 1.807) is 12.1 Å². The summed E-state index contributed by atoms with van der Waals surface area (Å²) in [4.78, 5) is 21.4. The molecule has 2 amide bonds. The van der Waals surface area contributed by atoms with Gasteiger partial charge in [0, 0.05) is 62.9 Å². The lowest BCUT2D eigenvalue weighted by molar-refractivity contribution is 0.240. The summed E-state index contributed by atoms with van der Waals surface area (Å²) < 4.78 is 17.6. The van der Waals surface area contributed by atoms with E-state index in [1.807, 2.05) is 24.3 Å². The van der Waals surface area contributed by atoms with E-state index in [1.165, 1.54) is 29.2 Å². The highest BCUT2D eigenvalue weighted by Gasteiger charge is 2.20. The van der Waals surface area contributed by atoms with E-state index in [0.717, 1.165) is 54.9 Å². The number of piperazine rings is 1. The van der Waals surface area contributed by atoms with Crippen LogP contribution in [-0.2, 0) is 6.42 Å². The van der Waals surface area contributed by atoms with Crippen LogP contribution in [0.15, 0.2) is 48.5 Å². The summed E-state index contributed by atoms with van der Waals surface area (Å²) in [5.41, 5.74) is 3.05.